The smallest absolute Gasteiger partial charge is 0.260 e. The highest BCUT2D eigenvalue weighted by atomic mass is 32.2. The van der Waals surface area contributed by atoms with Crippen LogP contribution in [0.1, 0.15) is 24.6 Å². The highest BCUT2D eigenvalue weighted by molar-refractivity contribution is 7.89. The van der Waals surface area contributed by atoms with Gasteiger partial charge in [-0.25, -0.2) is 18.1 Å². The molecule has 1 aliphatic carbocycles. The number of imidazole rings is 1. The third kappa shape index (κ3) is 3.03. The van der Waals surface area contributed by atoms with E-state index in [1.54, 1.807) is 29.9 Å². The fourth-order valence-corrected chi connectivity index (χ4v) is 3.87. The molecule has 2 aromatic rings. The highest BCUT2D eigenvalue weighted by Gasteiger charge is 2.38. The largest absolute Gasteiger partial charge is 0.393 e. The van der Waals surface area contributed by atoms with Crippen molar-refractivity contribution in [1.82, 2.24) is 19.3 Å². The molecule has 1 aliphatic rings. The van der Waals surface area contributed by atoms with E-state index in [2.05, 4.69) is 14.7 Å². The first kappa shape index (κ1) is 15.1. The molecule has 0 saturated heterocycles. The zero-order chi connectivity index (χ0) is 15.7. The number of aliphatic hydroxyl groups excluding tert-OH is 1. The topological polar surface area (TPSA) is 97.1 Å². The second-order valence-electron chi connectivity index (χ2n) is 5.62. The summed E-state index contributed by atoms with van der Waals surface area (Å²) in [5, 5.41) is 9.50. The quantitative estimate of drug-likeness (QED) is 0.840. The Morgan fingerprint density at radius 3 is 2.68 bits per heavy atom. The van der Waals surface area contributed by atoms with E-state index in [0.29, 0.717) is 18.5 Å². The van der Waals surface area contributed by atoms with Crippen molar-refractivity contribution in [3.63, 3.8) is 0 Å². The monoisotopic (exact) mass is 322 g/mol. The lowest BCUT2D eigenvalue weighted by Gasteiger charge is -2.37. The van der Waals surface area contributed by atoms with E-state index < -0.39 is 16.1 Å². The number of nitrogens with one attached hydrogen (secondary N) is 1. The summed E-state index contributed by atoms with van der Waals surface area (Å²) in [5.41, 5.74) is 0.652. The van der Waals surface area contributed by atoms with E-state index in [9.17, 15) is 13.5 Å². The van der Waals surface area contributed by atoms with E-state index in [1.165, 1.54) is 12.5 Å². The Morgan fingerprint density at radius 2 is 2.14 bits per heavy atom. The Morgan fingerprint density at radius 1 is 1.36 bits per heavy atom. The third-order valence-corrected chi connectivity index (χ3v) is 5.19. The maximum Gasteiger partial charge on any atom is 0.260 e. The van der Waals surface area contributed by atoms with Crippen LogP contribution in [-0.4, -0.2) is 34.2 Å². The molecule has 8 heteroatoms. The van der Waals surface area contributed by atoms with Gasteiger partial charge < -0.3 is 9.67 Å². The van der Waals surface area contributed by atoms with Gasteiger partial charge in [0.25, 0.3) is 10.0 Å². The first-order valence-corrected chi connectivity index (χ1v) is 8.53. The summed E-state index contributed by atoms with van der Waals surface area (Å²) in [6.45, 7) is 0. The van der Waals surface area contributed by atoms with E-state index in [0.717, 1.165) is 0 Å². The van der Waals surface area contributed by atoms with Gasteiger partial charge in [0, 0.05) is 19.4 Å². The van der Waals surface area contributed by atoms with Crippen molar-refractivity contribution in [3.8, 4) is 0 Å². The standard InChI is InChI=1S/C14H18N4O3S/c1-18-8-13(16-9-18)22(20,21)17-14(10-6-11(19)7-10)12-4-2-3-5-15-12/h2-5,8-11,14,17,19H,6-7H2,1H3. The van der Waals surface area contributed by atoms with Gasteiger partial charge in [-0.05, 0) is 30.9 Å². The lowest BCUT2D eigenvalue weighted by Crippen LogP contribution is -2.41. The molecule has 118 valence electrons. The van der Waals surface area contributed by atoms with Crippen molar-refractivity contribution >= 4 is 10.0 Å². The maximum atomic E-state index is 12.5. The molecule has 1 atom stereocenters. The number of rotatable bonds is 5. The Kier molecular flexibility index (Phi) is 3.98. The number of aryl methyl sites for hydroxylation is 1. The van der Waals surface area contributed by atoms with E-state index in [-0.39, 0.29) is 17.0 Å². The summed E-state index contributed by atoms with van der Waals surface area (Å²) in [6, 6.07) is 4.93. The zero-order valence-electron chi connectivity index (χ0n) is 12.1. The van der Waals surface area contributed by atoms with Crippen LogP contribution >= 0.6 is 0 Å². The Labute approximate surface area is 129 Å². The molecule has 2 N–H and O–H groups in total. The van der Waals surface area contributed by atoms with Gasteiger partial charge in [0.05, 0.1) is 24.2 Å². The van der Waals surface area contributed by atoms with Gasteiger partial charge >= 0.3 is 0 Å². The second kappa shape index (κ2) is 5.79. The van der Waals surface area contributed by atoms with Gasteiger partial charge in [-0.3, -0.25) is 4.98 Å². The molecule has 2 heterocycles. The molecule has 22 heavy (non-hydrogen) atoms. The van der Waals surface area contributed by atoms with Crippen LogP contribution in [0.3, 0.4) is 0 Å². The maximum absolute atomic E-state index is 12.5. The number of hydrogen-bond donors (Lipinski definition) is 2. The molecule has 2 aromatic heterocycles. The van der Waals surface area contributed by atoms with Crippen LogP contribution < -0.4 is 4.72 Å². The normalized spacial score (nSPS) is 23.0. The molecular weight excluding hydrogens is 304 g/mol. The van der Waals surface area contributed by atoms with Crippen LogP contribution in [-0.2, 0) is 17.1 Å². The summed E-state index contributed by atoms with van der Waals surface area (Å²) in [4.78, 5) is 8.15. The number of sulfonamides is 1. The Bertz CT molecular complexity index is 738. The number of pyridine rings is 1. The van der Waals surface area contributed by atoms with Crippen molar-refractivity contribution in [2.75, 3.05) is 0 Å². The average molecular weight is 322 g/mol. The van der Waals surface area contributed by atoms with Gasteiger partial charge in [0.15, 0.2) is 5.03 Å². The van der Waals surface area contributed by atoms with Crippen LogP contribution in [0.2, 0.25) is 0 Å². The first-order chi connectivity index (χ1) is 10.5. The number of hydrogen-bond acceptors (Lipinski definition) is 5. The number of nitrogens with zero attached hydrogens (tertiary/aromatic N) is 3. The van der Waals surface area contributed by atoms with Gasteiger partial charge in [0.1, 0.15) is 0 Å². The van der Waals surface area contributed by atoms with Crippen LogP contribution in [0.25, 0.3) is 0 Å². The van der Waals surface area contributed by atoms with Gasteiger partial charge in [0.2, 0.25) is 0 Å². The molecule has 0 radical (unpaired) electrons. The van der Waals surface area contributed by atoms with Gasteiger partial charge in [-0.2, -0.15) is 0 Å². The molecule has 1 saturated carbocycles. The molecule has 0 aromatic carbocycles. The lowest BCUT2D eigenvalue weighted by molar-refractivity contribution is 0.0273. The summed E-state index contributed by atoms with van der Waals surface area (Å²) in [7, 11) is -2.02. The first-order valence-electron chi connectivity index (χ1n) is 7.05. The molecule has 0 spiro atoms. The van der Waals surface area contributed by atoms with Crippen molar-refractivity contribution in [2.24, 2.45) is 13.0 Å². The molecule has 0 aliphatic heterocycles. The predicted octanol–water partition coefficient (Wildman–Crippen LogP) is 0.606. The average Bonchev–Trinajstić information content (AvgIpc) is 2.90. The summed E-state index contributed by atoms with van der Waals surface area (Å²) < 4.78 is 29.2. The fourth-order valence-electron chi connectivity index (χ4n) is 2.62. The van der Waals surface area contributed by atoms with Crippen molar-refractivity contribution in [1.29, 1.82) is 0 Å². The van der Waals surface area contributed by atoms with Gasteiger partial charge in [-0.1, -0.05) is 6.07 Å². The predicted molar refractivity (Wildman–Crippen MR) is 79.2 cm³/mol. The number of aliphatic hydroxyl groups is 1. The van der Waals surface area contributed by atoms with Crippen molar-refractivity contribution in [3.05, 3.63) is 42.6 Å². The summed E-state index contributed by atoms with van der Waals surface area (Å²) >= 11 is 0. The van der Waals surface area contributed by atoms with Crippen LogP contribution in [0.5, 0.6) is 0 Å². The van der Waals surface area contributed by atoms with Crippen LogP contribution in [0, 0.1) is 5.92 Å². The molecule has 0 amide bonds. The molecular formula is C14H18N4O3S. The Hall–Kier alpha value is -1.77. The molecule has 1 fully saturated rings. The highest BCUT2D eigenvalue weighted by Crippen LogP contribution is 2.38. The number of aromatic nitrogens is 3. The van der Waals surface area contributed by atoms with Gasteiger partial charge in [-0.15, -0.1) is 0 Å². The van der Waals surface area contributed by atoms with Crippen LogP contribution in [0.4, 0.5) is 0 Å². The van der Waals surface area contributed by atoms with Crippen LogP contribution in [0.15, 0.2) is 41.9 Å². The minimum atomic E-state index is -3.73. The van der Waals surface area contributed by atoms with E-state index >= 15 is 0 Å². The molecule has 7 nitrogen and oxygen atoms in total. The lowest BCUT2D eigenvalue weighted by atomic mass is 9.76. The van der Waals surface area contributed by atoms with Crippen molar-refractivity contribution in [2.45, 2.75) is 30.0 Å². The molecule has 3 rings (SSSR count). The summed E-state index contributed by atoms with van der Waals surface area (Å²) in [6.07, 6.45) is 5.28. The van der Waals surface area contributed by atoms with Crippen molar-refractivity contribution < 1.29 is 13.5 Å². The third-order valence-electron chi connectivity index (χ3n) is 3.87. The minimum Gasteiger partial charge on any atom is -0.393 e. The fraction of sp³-hybridized carbons (Fsp3) is 0.429. The second-order valence-corrected chi connectivity index (χ2v) is 7.28. The summed E-state index contributed by atoms with van der Waals surface area (Å²) in [5.74, 6) is 0.0309. The Balaban J connectivity index is 1.87. The van der Waals surface area contributed by atoms with E-state index in [4.69, 9.17) is 0 Å². The SMILES string of the molecule is Cn1cnc(S(=O)(=O)NC(c2ccccn2)C2CC(O)C2)c1. The minimum absolute atomic E-state index is 0.0178. The molecule has 0 bridgehead atoms. The molecule has 1 unspecified atom stereocenters. The zero-order valence-corrected chi connectivity index (χ0v) is 12.9. The van der Waals surface area contributed by atoms with E-state index in [1.807, 2.05) is 6.07 Å².